The van der Waals surface area contributed by atoms with Crippen molar-refractivity contribution in [3.05, 3.63) is 39.9 Å². The van der Waals surface area contributed by atoms with E-state index in [1.807, 2.05) is 26.8 Å². The molecule has 106 valence electrons. The minimum atomic E-state index is -0.172. The summed E-state index contributed by atoms with van der Waals surface area (Å²) in [6.07, 6.45) is 4.33. The van der Waals surface area contributed by atoms with Crippen LogP contribution in [0.25, 0.3) is 11.4 Å². The quantitative estimate of drug-likeness (QED) is 0.645. The van der Waals surface area contributed by atoms with Crippen molar-refractivity contribution in [2.24, 2.45) is 0 Å². The third-order valence-corrected chi connectivity index (χ3v) is 4.74. The molecule has 0 unspecified atom stereocenters. The highest BCUT2D eigenvalue weighted by atomic mass is 79.9. The Morgan fingerprint density at radius 3 is 2.70 bits per heavy atom. The van der Waals surface area contributed by atoms with E-state index in [-0.39, 0.29) is 5.82 Å². The molecule has 3 heterocycles. The number of rotatable bonds is 0. The molecule has 0 amide bonds. The second-order valence-corrected chi connectivity index (χ2v) is 6.14. The van der Waals surface area contributed by atoms with Gasteiger partial charge in [-0.15, -0.1) is 0 Å². The Bertz CT molecular complexity index is 657. The molecule has 2 aromatic rings. The highest BCUT2D eigenvalue weighted by molar-refractivity contribution is 9.10. The van der Waals surface area contributed by atoms with Gasteiger partial charge in [0.15, 0.2) is 0 Å². The van der Waals surface area contributed by atoms with Gasteiger partial charge in [-0.1, -0.05) is 13.8 Å². The minimum Gasteiger partial charge on any atom is -0.328 e. The van der Waals surface area contributed by atoms with E-state index in [2.05, 4.69) is 31.7 Å². The molecule has 4 heteroatoms. The van der Waals surface area contributed by atoms with Crippen molar-refractivity contribution < 1.29 is 4.39 Å². The molecule has 1 saturated carbocycles. The molecule has 0 atom stereocenters. The largest absolute Gasteiger partial charge is 0.328 e. The number of aryl methyl sites for hydroxylation is 1. The number of aromatic nitrogens is 2. The first-order chi connectivity index (χ1) is 9.63. The average Bonchev–Trinajstić information content (AvgIpc) is 2.66. The summed E-state index contributed by atoms with van der Waals surface area (Å²) in [4.78, 5) is 4.62. The second kappa shape index (κ2) is 4.99. The molecule has 0 N–H and O–H groups in total. The van der Waals surface area contributed by atoms with Crippen LogP contribution in [0.3, 0.4) is 0 Å². The second-order valence-electron chi connectivity index (χ2n) is 5.29. The van der Waals surface area contributed by atoms with Crippen LogP contribution in [-0.2, 0) is 0 Å². The van der Waals surface area contributed by atoms with Gasteiger partial charge >= 0.3 is 0 Å². The molecule has 5 rings (SSSR count). The van der Waals surface area contributed by atoms with E-state index in [1.54, 1.807) is 6.07 Å². The van der Waals surface area contributed by atoms with Crippen molar-refractivity contribution in [3.63, 3.8) is 0 Å². The standard InChI is InChI=1S/C14H12BrFN2.C2H6/c1-7-6-18-9-2-8(3-9)10-5-13(16)12(15)4-11(10)14(18)17-7;1-2/h4-6,8-9H,2-3H2,1H3;1-2H3. The number of imidazole rings is 1. The Morgan fingerprint density at radius 1 is 1.30 bits per heavy atom. The van der Waals surface area contributed by atoms with E-state index in [1.165, 1.54) is 0 Å². The predicted octanol–water partition coefficient (Wildman–Crippen LogP) is 5.22. The summed E-state index contributed by atoms with van der Waals surface area (Å²) in [6, 6.07) is 4.10. The lowest BCUT2D eigenvalue weighted by molar-refractivity contribution is 0.274. The number of nitrogens with zero attached hydrogens (tertiary/aromatic N) is 2. The van der Waals surface area contributed by atoms with Gasteiger partial charge in [0.1, 0.15) is 11.6 Å². The van der Waals surface area contributed by atoms with Crippen LogP contribution in [0.1, 0.15) is 49.9 Å². The summed E-state index contributed by atoms with van der Waals surface area (Å²) in [5.41, 5.74) is 3.24. The first kappa shape index (κ1) is 13.8. The predicted molar refractivity (Wildman–Crippen MR) is 82.4 cm³/mol. The fourth-order valence-electron chi connectivity index (χ4n) is 3.16. The van der Waals surface area contributed by atoms with Gasteiger partial charge in [-0.2, -0.15) is 0 Å². The zero-order chi connectivity index (χ0) is 14.4. The Labute approximate surface area is 127 Å². The van der Waals surface area contributed by atoms with Crippen LogP contribution in [0.2, 0.25) is 0 Å². The number of hydrogen-bond donors (Lipinski definition) is 0. The number of halogens is 2. The fraction of sp³-hybridized carbons (Fsp3) is 0.438. The van der Waals surface area contributed by atoms with Crippen LogP contribution in [0, 0.1) is 12.7 Å². The molecule has 1 fully saturated rings. The van der Waals surface area contributed by atoms with E-state index in [4.69, 9.17) is 0 Å². The molecule has 1 aromatic heterocycles. The van der Waals surface area contributed by atoms with E-state index in [9.17, 15) is 4.39 Å². The highest BCUT2D eigenvalue weighted by Gasteiger charge is 2.38. The molecule has 1 aliphatic carbocycles. The van der Waals surface area contributed by atoms with Gasteiger partial charge in [-0.3, -0.25) is 0 Å². The highest BCUT2D eigenvalue weighted by Crippen LogP contribution is 2.52. The number of benzene rings is 1. The van der Waals surface area contributed by atoms with Crippen molar-refractivity contribution in [3.8, 4) is 11.4 Å². The van der Waals surface area contributed by atoms with Crippen molar-refractivity contribution in [1.29, 1.82) is 0 Å². The van der Waals surface area contributed by atoms with Crippen molar-refractivity contribution in [1.82, 2.24) is 9.55 Å². The van der Waals surface area contributed by atoms with Crippen molar-refractivity contribution in [2.75, 3.05) is 0 Å². The van der Waals surface area contributed by atoms with Crippen LogP contribution in [-0.4, -0.2) is 9.55 Å². The van der Waals surface area contributed by atoms with Gasteiger partial charge in [0.05, 0.1) is 10.2 Å². The van der Waals surface area contributed by atoms with Gasteiger partial charge in [0, 0.05) is 17.8 Å². The van der Waals surface area contributed by atoms with Crippen LogP contribution in [0.4, 0.5) is 4.39 Å². The molecule has 1 aromatic carbocycles. The Morgan fingerprint density at radius 2 is 2.00 bits per heavy atom. The van der Waals surface area contributed by atoms with Gasteiger partial charge in [0.2, 0.25) is 0 Å². The number of hydrogen-bond acceptors (Lipinski definition) is 1. The molecular weight excluding hydrogens is 319 g/mol. The smallest absolute Gasteiger partial charge is 0.140 e. The van der Waals surface area contributed by atoms with E-state index in [0.717, 1.165) is 35.5 Å². The third-order valence-electron chi connectivity index (χ3n) is 4.13. The maximum absolute atomic E-state index is 13.7. The molecule has 2 nitrogen and oxygen atoms in total. The molecule has 2 bridgehead atoms. The van der Waals surface area contributed by atoms with E-state index in [0.29, 0.717) is 16.4 Å². The summed E-state index contributed by atoms with van der Waals surface area (Å²) in [5.74, 6) is 1.32. The van der Waals surface area contributed by atoms with Crippen molar-refractivity contribution in [2.45, 2.75) is 45.6 Å². The molecule has 0 saturated heterocycles. The SMILES string of the molecule is CC.Cc1cn2c(n1)-c1cc(Br)c(F)cc1C1CC2C1. The molecule has 2 aliphatic heterocycles. The average molecular weight is 337 g/mol. The van der Waals surface area contributed by atoms with Gasteiger partial charge in [0.25, 0.3) is 0 Å². The summed E-state index contributed by atoms with van der Waals surface area (Å²) in [6.45, 7) is 6.01. The summed E-state index contributed by atoms with van der Waals surface area (Å²) < 4.78 is 16.5. The van der Waals surface area contributed by atoms with E-state index >= 15 is 0 Å². The van der Waals surface area contributed by atoms with Gasteiger partial charge in [-0.05, 0) is 59.3 Å². The maximum atomic E-state index is 13.7. The summed E-state index contributed by atoms with van der Waals surface area (Å²) in [7, 11) is 0. The molecule has 0 spiro atoms. The van der Waals surface area contributed by atoms with Crippen LogP contribution < -0.4 is 0 Å². The molecular formula is C16H18BrFN2. The van der Waals surface area contributed by atoms with Crippen LogP contribution >= 0.6 is 15.9 Å². The first-order valence-electron chi connectivity index (χ1n) is 7.18. The Hall–Kier alpha value is -1.16. The van der Waals surface area contributed by atoms with Crippen LogP contribution in [0.15, 0.2) is 22.8 Å². The first-order valence-corrected chi connectivity index (χ1v) is 7.97. The lowest BCUT2D eigenvalue weighted by Gasteiger charge is -2.34. The van der Waals surface area contributed by atoms with Gasteiger partial charge in [-0.25, -0.2) is 9.37 Å². The summed E-state index contributed by atoms with van der Waals surface area (Å²) >= 11 is 3.28. The van der Waals surface area contributed by atoms with E-state index < -0.39 is 0 Å². The zero-order valence-electron chi connectivity index (χ0n) is 12.0. The van der Waals surface area contributed by atoms with Crippen molar-refractivity contribution >= 4 is 15.9 Å². The topological polar surface area (TPSA) is 17.8 Å². The normalized spacial score (nSPS) is 21.9. The lowest BCUT2D eigenvalue weighted by Crippen LogP contribution is -2.22. The lowest BCUT2D eigenvalue weighted by atomic mass is 9.76. The minimum absolute atomic E-state index is 0.172. The van der Waals surface area contributed by atoms with Gasteiger partial charge < -0.3 is 4.57 Å². The summed E-state index contributed by atoms with van der Waals surface area (Å²) in [5, 5.41) is 0. The molecule has 0 radical (unpaired) electrons. The molecule has 3 aliphatic rings. The Kier molecular flexibility index (Phi) is 3.44. The van der Waals surface area contributed by atoms with Crippen LogP contribution in [0.5, 0.6) is 0 Å². The third kappa shape index (κ3) is 1.93. The monoisotopic (exact) mass is 336 g/mol. The molecule has 20 heavy (non-hydrogen) atoms. The zero-order valence-corrected chi connectivity index (χ0v) is 13.5. The Balaban J connectivity index is 0.000000581. The maximum Gasteiger partial charge on any atom is 0.140 e. The fourth-order valence-corrected chi connectivity index (χ4v) is 3.50.